The number of methoxy groups -OCH3 is 1. The van der Waals surface area contributed by atoms with Crippen LogP contribution in [0.1, 0.15) is 27.9 Å². The van der Waals surface area contributed by atoms with Crippen LogP contribution in [0, 0.1) is 17.1 Å². The van der Waals surface area contributed by atoms with Crippen LogP contribution in [0.25, 0.3) is 11.1 Å². The van der Waals surface area contributed by atoms with Gasteiger partial charge in [-0.15, -0.1) is 0 Å². The van der Waals surface area contributed by atoms with Gasteiger partial charge in [-0.25, -0.2) is 9.37 Å². The van der Waals surface area contributed by atoms with E-state index in [1.165, 1.54) is 12.1 Å². The molecular formula is C34H30FN5O5. The number of anilines is 1. The van der Waals surface area contributed by atoms with Crippen molar-refractivity contribution in [2.45, 2.75) is 25.1 Å². The molecule has 228 valence electrons. The third kappa shape index (κ3) is 6.80. The standard InChI is InChI=1S/C34H30FN5O5/c1-43-30-6-5-24-15-28(30)23-3-2-4-26(14-23)44-20-33(41)38-18-22-11-25(35)16-27(12-22)45-31-8-10-40(19-29(31)39-34(24)42)32-13-21(17-36)7-9-37-32/h2-7,9,11-16,29,31H,8,10,18-20H2,1H3,(H,38,41)(H,39,42)/t29-,31-/m1/s1. The summed E-state index contributed by atoms with van der Waals surface area (Å²) in [4.78, 5) is 32.8. The zero-order valence-electron chi connectivity index (χ0n) is 24.5. The molecule has 1 fully saturated rings. The van der Waals surface area contributed by atoms with Gasteiger partial charge in [0, 0.05) is 49.4 Å². The Hall–Kier alpha value is -5.63. The molecule has 0 aliphatic carbocycles. The third-order valence-electron chi connectivity index (χ3n) is 7.75. The molecule has 11 heteroatoms. The average Bonchev–Trinajstić information content (AvgIpc) is 3.06. The van der Waals surface area contributed by atoms with Crippen LogP contribution < -0.4 is 29.7 Å². The number of aromatic nitrogens is 1. The molecule has 4 aromatic rings. The van der Waals surface area contributed by atoms with Crippen LogP contribution >= 0.6 is 0 Å². The lowest BCUT2D eigenvalue weighted by Gasteiger charge is -2.39. The van der Waals surface area contributed by atoms with Crippen molar-refractivity contribution in [3.63, 3.8) is 0 Å². The number of hydrogen-bond acceptors (Lipinski definition) is 8. The number of halogens is 1. The zero-order chi connectivity index (χ0) is 31.3. The molecule has 2 atom stereocenters. The monoisotopic (exact) mass is 607 g/mol. The van der Waals surface area contributed by atoms with Gasteiger partial charge in [-0.2, -0.15) is 5.26 Å². The molecule has 6 bridgehead atoms. The summed E-state index contributed by atoms with van der Waals surface area (Å²) in [6.07, 6.45) is 1.54. The number of piperidine rings is 1. The number of rotatable bonds is 2. The van der Waals surface area contributed by atoms with Crippen LogP contribution in [0.3, 0.4) is 0 Å². The van der Waals surface area contributed by atoms with E-state index in [4.69, 9.17) is 14.2 Å². The van der Waals surface area contributed by atoms with Gasteiger partial charge >= 0.3 is 0 Å². The number of carbonyl (C=O) groups excluding carboxylic acids is 2. The Kier molecular flexibility index (Phi) is 8.46. The van der Waals surface area contributed by atoms with Crippen LogP contribution in [0.5, 0.6) is 17.2 Å². The molecule has 2 N–H and O–H groups in total. The van der Waals surface area contributed by atoms with E-state index in [-0.39, 0.29) is 30.7 Å². The molecule has 3 aromatic carbocycles. The maximum atomic E-state index is 14.7. The maximum Gasteiger partial charge on any atom is 0.258 e. The quantitative estimate of drug-likeness (QED) is 0.347. The summed E-state index contributed by atoms with van der Waals surface area (Å²) in [5.41, 5.74) is 2.78. The summed E-state index contributed by atoms with van der Waals surface area (Å²) >= 11 is 0. The van der Waals surface area contributed by atoms with Gasteiger partial charge in [0.25, 0.3) is 11.8 Å². The van der Waals surface area contributed by atoms with Crippen molar-refractivity contribution in [2.75, 3.05) is 31.7 Å². The predicted octanol–water partition coefficient (Wildman–Crippen LogP) is 4.23. The SMILES string of the molecule is COc1ccc2cc1-c1cccc(c1)OCC(=O)NCc1cc(F)cc(c1)O[C@@H]1CCN(c3cc(C#N)ccn3)C[C@H]1NC2=O. The molecule has 0 radical (unpaired) electrons. The van der Waals surface area contributed by atoms with Gasteiger partial charge in [-0.05, 0) is 65.7 Å². The predicted molar refractivity (Wildman–Crippen MR) is 164 cm³/mol. The zero-order valence-corrected chi connectivity index (χ0v) is 24.5. The van der Waals surface area contributed by atoms with E-state index in [0.29, 0.717) is 59.1 Å². The first-order valence-electron chi connectivity index (χ1n) is 14.4. The minimum absolute atomic E-state index is 0.0684. The lowest BCUT2D eigenvalue weighted by Crippen LogP contribution is -2.57. The Morgan fingerprint density at radius 3 is 2.78 bits per heavy atom. The van der Waals surface area contributed by atoms with Gasteiger partial charge in [0.2, 0.25) is 0 Å². The van der Waals surface area contributed by atoms with E-state index in [9.17, 15) is 19.2 Å². The maximum absolute atomic E-state index is 14.7. The first-order valence-corrected chi connectivity index (χ1v) is 14.4. The van der Waals surface area contributed by atoms with Crippen LogP contribution in [-0.4, -0.2) is 55.8 Å². The van der Waals surface area contributed by atoms with Crippen LogP contribution in [-0.2, 0) is 11.3 Å². The number of nitrogens with zero attached hydrogens (tertiary/aromatic N) is 3. The normalized spacial score (nSPS) is 18.3. The van der Waals surface area contributed by atoms with Crippen molar-refractivity contribution in [3.8, 4) is 34.4 Å². The second-order valence-electron chi connectivity index (χ2n) is 10.8. The highest BCUT2D eigenvalue weighted by Gasteiger charge is 2.33. The highest BCUT2D eigenvalue weighted by Crippen LogP contribution is 2.33. The lowest BCUT2D eigenvalue weighted by atomic mass is 9.99. The second kappa shape index (κ2) is 12.9. The Balaban J connectivity index is 1.38. The summed E-state index contributed by atoms with van der Waals surface area (Å²) in [7, 11) is 1.55. The molecule has 0 unspecified atom stereocenters. The van der Waals surface area contributed by atoms with Gasteiger partial charge in [0.05, 0.1) is 24.8 Å². The third-order valence-corrected chi connectivity index (χ3v) is 7.75. The van der Waals surface area contributed by atoms with Crippen LogP contribution in [0.4, 0.5) is 10.2 Å². The molecule has 6 rings (SSSR count). The number of ether oxygens (including phenoxy) is 3. The number of benzene rings is 3. The molecule has 2 amide bonds. The topological polar surface area (TPSA) is 126 Å². The molecule has 45 heavy (non-hydrogen) atoms. The first-order chi connectivity index (χ1) is 21.9. The van der Waals surface area contributed by atoms with Crippen molar-refractivity contribution in [1.82, 2.24) is 15.6 Å². The van der Waals surface area contributed by atoms with Gasteiger partial charge in [0.1, 0.15) is 35.0 Å². The van der Waals surface area contributed by atoms with E-state index in [1.54, 1.807) is 67.9 Å². The molecule has 3 heterocycles. The Labute approximate surface area is 259 Å². The molecule has 2 aliphatic heterocycles. The summed E-state index contributed by atoms with van der Waals surface area (Å²) < 4.78 is 32.3. The number of pyridine rings is 1. The van der Waals surface area contributed by atoms with E-state index in [2.05, 4.69) is 21.7 Å². The van der Waals surface area contributed by atoms with Crippen molar-refractivity contribution >= 4 is 17.6 Å². The number of nitrogens with one attached hydrogen (secondary N) is 2. The van der Waals surface area contributed by atoms with E-state index in [0.717, 1.165) is 5.56 Å². The van der Waals surface area contributed by atoms with E-state index >= 15 is 0 Å². The smallest absolute Gasteiger partial charge is 0.258 e. The molecule has 0 spiro atoms. The average molecular weight is 608 g/mol. The molecule has 1 saturated heterocycles. The Morgan fingerprint density at radius 1 is 1.04 bits per heavy atom. The highest BCUT2D eigenvalue weighted by molar-refractivity contribution is 5.96. The fraction of sp³-hybridized carbons (Fsp3) is 0.235. The van der Waals surface area contributed by atoms with E-state index < -0.39 is 18.0 Å². The van der Waals surface area contributed by atoms with Crippen LogP contribution in [0.15, 0.2) is 79.0 Å². The first kappa shape index (κ1) is 29.4. The number of carbonyl (C=O) groups is 2. The molecule has 1 aromatic heterocycles. The van der Waals surface area contributed by atoms with E-state index in [1.807, 2.05) is 11.0 Å². The lowest BCUT2D eigenvalue weighted by molar-refractivity contribution is -0.123. The summed E-state index contributed by atoms with van der Waals surface area (Å²) in [6.45, 7) is 0.687. The molecule has 10 nitrogen and oxygen atoms in total. The Morgan fingerprint density at radius 2 is 1.93 bits per heavy atom. The van der Waals surface area contributed by atoms with Gasteiger partial charge in [0.15, 0.2) is 6.61 Å². The molecule has 2 aliphatic rings. The fourth-order valence-corrected chi connectivity index (χ4v) is 5.53. The van der Waals surface area contributed by atoms with Crippen LogP contribution in [0.2, 0.25) is 0 Å². The second-order valence-corrected chi connectivity index (χ2v) is 10.8. The Bertz CT molecular complexity index is 1790. The number of hydrogen-bond donors (Lipinski definition) is 2. The van der Waals surface area contributed by atoms with Gasteiger partial charge in [-0.1, -0.05) is 12.1 Å². The largest absolute Gasteiger partial charge is 0.496 e. The summed E-state index contributed by atoms with van der Waals surface area (Å²) in [6, 6.07) is 21.5. The minimum Gasteiger partial charge on any atom is -0.496 e. The number of amides is 2. The molecular weight excluding hydrogens is 577 g/mol. The van der Waals surface area contributed by atoms with Crippen molar-refractivity contribution in [3.05, 3.63) is 102 Å². The fourth-order valence-electron chi connectivity index (χ4n) is 5.53. The van der Waals surface area contributed by atoms with Gasteiger partial charge in [-0.3, -0.25) is 9.59 Å². The minimum atomic E-state index is -0.533. The molecule has 0 saturated carbocycles. The van der Waals surface area contributed by atoms with Crippen molar-refractivity contribution in [1.29, 1.82) is 5.26 Å². The number of fused-ring (bicyclic) bond motifs is 8. The number of nitriles is 1. The van der Waals surface area contributed by atoms with Gasteiger partial charge < -0.3 is 29.7 Å². The van der Waals surface area contributed by atoms with Crippen molar-refractivity contribution in [2.24, 2.45) is 0 Å². The summed E-state index contributed by atoms with van der Waals surface area (Å²) in [5, 5.41) is 15.3. The highest BCUT2D eigenvalue weighted by atomic mass is 19.1. The van der Waals surface area contributed by atoms with Crippen molar-refractivity contribution < 1.29 is 28.2 Å². The summed E-state index contributed by atoms with van der Waals surface area (Å²) in [5.74, 6) is 0.671.